The number of benzene rings is 1. The van der Waals surface area contributed by atoms with Crippen LogP contribution in [0.2, 0.25) is 0 Å². The number of aryl methyl sites for hydroxylation is 1. The van der Waals surface area contributed by atoms with E-state index in [1.807, 2.05) is 31.4 Å². The normalized spacial score (nSPS) is 12.4. The first-order valence-electron chi connectivity index (χ1n) is 9.53. The SMILES string of the molecule is Cc1c(C)c2ccc(OC(C)C(=O)N(C)Cc3nncn3C(C)C)cc2oc1=O. The van der Waals surface area contributed by atoms with Gasteiger partial charge in [0.1, 0.15) is 17.7 Å². The van der Waals surface area contributed by atoms with E-state index in [4.69, 9.17) is 9.15 Å². The molecule has 8 nitrogen and oxygen atoms in total. The van der Waals surface area contributed by atoms with Gasteiger partial charge < -0.3 is 18.6 Å². The summed E-state index contributed by atoms with van der Waals surface area (Å²) in [6.07, 6.45) is 0.941. The third-order valence-corrected chi connectivity index (χ3v) is 5.05. The maximum atomic E-state index is 12.7. The topological polar surface area (TPSA) is 90.5 Å². The Labute approximate surface area is 169 Å². The molecule has 8 heteroatoms. The van der Waals surface area contributed by atoms with Gasteiger partial charge in [0.05, 0.1) is 6.54 Å². The summed E-state index contributed by atoms with van der Waals surface area (Å²) in [5, 5.41) is 8.87. The lowest BCUT2D eigenvalue weighted by molar-refractivity contribution is -0.137. The molecule has 2 aromatic heterocycles. The predicted octanol–water partition coefficient (Wildman–Crippen LogP) is 3.01. The van der Waals surface area contributed by atoms with Crippen LogP contribution in [-0.2, 0) is 11.3 Å². The van der Waals surface area contributed by atoms with Crippen LogP contribution in [0.1, 0.15) is 43.8 Å². The average molecular weight is 398 g/mol. The van der Waals surface area contributed by atoms with E-state index in [0.717, 1.165) is 10.9 Å². The van der Waals surface area contributed by atoms with Gasteiger partial charge in [-0.2, -0.15) is 0 Å². The number of aromatic nitrogens is 3. The first-order chi connectivity index (χ1) is 13.7. The van der Waals surface area contributed by atoms with Gasteiger partial charge in [-0.25, -0.2) is 4.79 Å². The maximum absolute atomic E-state index is 12.7. The number of fused-ring (bicyclic) bond motifs is 1. The molecule has 0 bridgehead atoms. The minimum absolute atomic E-state index is 0.190. The highest BCUT2D eigenvalue weighted by Crippen LogP contribution is 2.24. The molecule has 0 spiro atoms. The molecular formula is C21H26N4O4. The number of likely N-dealkylation sites (N-methyl/N-ethyl adjacent to an activating group) is 1. The van der Waals surface area contributed by atoms with Crippen molar-refractivity contribution >= 4 is 16.9 Å². The van der Waals surface area contributed by atoms with Gasteiger partial charge in [-0.15, -0.1) is 10.2 Å². The Balaban J connectivity index is 1.74. The monoisotopic (exact) mass is 398 g/mol. The zero-order valence-electron chi connectivity index (χ0n) is 17.6. The van der Waals surface area contributed by atoms with Crippen LogP contribution >= 0.6 is 0 Å². The zero-order chi connectivity index (χ0) is 21.3. The van der Waals surface area contributed by atoms with Gasteiger partial charge in [-0.1, -0.05) is 0 Å². The van der Waals surface area contributed by atoms with E-state index in [-0.39, 0.29) is 17.6 Å². The number of carbonyl (C=O) groups is 1. The van der Waals surface area contributed by atoms with Gasteiger partial charge in [-0.3, -0.25) is 4.79 Å². The standard InChI is InChI=1S/C21H26N4O4/c1-12(2)25-11-22-23-19(25)10-24(6)20(26)15(5)28-16-7-8-17-13(3)14(4)21(27)29-18(17)9-16/h7-9,11-12,15H,10H2,1-6H3. The van der Waals surface area contributed by atoms with Crippen LogP contribution in [0.15, 0.2) is 33.7 Å². The minimum atomic E-state index is -0.717. The van der Waals surface area contributed by atoms with E-state index in [9.17, 15) is 9.59 Å². The fourth-order valence-corrected chi connectivity index (χ4v) is 3.17. The lowest BCUT2D eigenvalue weighted by Gasteiger charge is -2.22. The van der Waals surface area contributed by atoms with Gasteiger partial charge in [0.2, 0.25) is 0 Å². The van der Waals surface area contributed by atoms with Crippen molar-refractivity contribution < 1.29 is 13.9 Å². The van der Waals surface area contributed by atoms with E-state index in [2.05, 4.69) is 10.2 Å². The Hall–Kier alpha value is -3.16. The van der Waals surface area contributed by atoms with E-state index in [0.29, 0.717) is 29.3 Å². The molecule has 1 aromatic carbocycles. The Morgan fingerprint density at radius 1 is 1.24 bits per heavy atom. The lowest BCUT2D eigenvalue weighted by Crippen LogP contribution is -2.38. The molecule has 1 atom stereocenters. The van der Waals surface area contributed by atoms with Gasteiger partial charge in [0.25, 0.3) is 5.91 Å². The van der Waals surface area contributed by atoms with Crippen molar-refractivity contribution in [3.63, 3.8) is 0 Å². The van der Waals surface area contributed by atoms with E-state index in [1.54, 1.807) is 44.3 Å². The van der Waals surface area contributed by atoms with E-state index in [1.165, 1.54) is 0 Å². The Morgan fingerprint density at radius 2 is 1.97 bits per heavy atom. The molecule has 0 N–H and O–H groups in total. The Kier molecular flexibility index (Phi) is 5.72. The Bertz CT molecular complexity index is 1100. The number of carbonyl (C=O) groups excluding carboxylic acids is 1. The summed E-state index contributed by atoms with van der Waals surface area (Å²) in [5.74, 6) is 0.981. The predicted molar refractivity (Wildman–Crippen MR) is 109 cm³/mol. The molecule has 2 heterocycles. The van der Waals surface area contributed by atoms with Crippen LogP contribution in [0.5, 0.6) is 5.75 Å². The first kappa shape index (κ1) is 20.6. The average Bonchev–Trinajstić information content (AvgIpc) is 3.13. The molecule has 154 valence electrons. The molecule has 0 aliphatic carbocycles. The summed E-state index contributed by atoms with van der Waals surface area (Å²) >= 11 is 0. The molecule has 1 amide bonds. The van der Waals surface area contributed by atoms with Crippen molar-refractivity contribution in [3.8, 4) is 5.75 Å². The number of nitrogens with zero attached hydrogens (tertiary/aromatic N) is 4. The van der Waals surface area contributed by atoms with Crippen LogP contribution in [0.4, 0.5) is 0 Å². The molecule has 0 fully saturated rings. The summed E-state index contributed by atoms with van der Waals surface area (Å²) in [4.78, 5) is 26.2. The molecule has 0 radical (unpaired) electrons. The second-order valence-electron chi connectivity index (χ2n) is 7.50. The molecule has 0 aliphatic rings. The second kappa shape index (κ2) is 8.06. The molecule has 29 heavy (non-hydrogen) atoms. The van der Waals surface area contributed by atoms with Crippen LogP contribution < -0.4 is 10.4 Å². The number of hydrogen-bond donors (Lipinski definition) is 0. The molecule has 0 aliphatic heterocycles. The molecule has 3 rings (SSSR count). The number of hydrogen-bond acceptors (Lipinski definition) is 6. The van der Waals surface area contributed by atoms with Crippen LogP contribution in [0, 0.1) is 13.8 Å². The summed E-state index contributed by atoms with van der Waals surface area (Å²) in [7, 11) is 1.70. The van der Waals surface area contributed by atoms with Gasteiger partial charge in [0, 0.05) is 30.1 Å². The van der Waals surface area contributed by atoms with Crippen molar-refractivity contribution in [2.24, 2.45) is 0 Å². The number of ether oxygens (including phenoxy) is 1. The molecule has 1 unspecified atom stereocenters. The third-order valence-electron chi connectivity index (χ3n) is 5.05. The van der Waals surface area contributed by atoms with Crippen molar-refractivity contribution in [2.75, 3.05) is 7.05 Å². The van der Waals surface area contributed by atoms with E-state index >= 15 is 0 Å². The maximum Gasteiger partial charge on any atom is 0.339 e. The first-order valence-corrected chi connectivity index (χ1v) is 9.53. The summed E-state index contributed by atoms with van der Waals surface area (Å²) in [6.45, 7) is 9.69. The summed E-state index contributed by atoms with van der Waals surface area (Å²) in [6, 6.07) is 5.45. The summed E-state index contributed by atoms with van der Waals surface area (Å²) in [5.41, 5.74) is 1.53. The van der Waals surface area contributed by atoms with Crippen molar-refractivity contribution in [1.29, 1.82) is 0 Å². The van der Waals surface area contributed by atoms with Crippen LogP contribution in [0.3, 0.4) is 0 Å². The van der Waals surface area contributed by atoms with Crippen molar-refractivity contribution in [2.45, 2.75) is 53.3 Å². The molecule has 0 saturated heterocycles. The largest absolute Gasteiger partial charge is 0.481 e. The summed E-state index contributed by atoms with van der Waals surface area (Å²) < 4.78 is 13.1. The lowest BCUT2D eigenvalue weighted by atomic mass is 10.1. The number of rotatable bonds is 6. The fourth-order valence-electron chi connectivity index (χ4n) is 3.17. The van der Waals surface area contributed by atoms with Crippen LogP contribution in [-0.4, -0.2) is 38.7 Å². The second-order valence-corrected chi connectivity index (χ2v) is 7.50. The Morgan fingerprint density at radius 3 is 2.66 bits per heavy atom. The van der Waals surface area contributed by atoms with Crippen LogP contribution in [0.25, 0.3) is 11.0 Å². The minimum Gasteiger partial charge on any atom is -0.481 e. The number of amides is 1. The molecule has 3 aromatic rings. The van der Waals surface area contributed by atoms with Gasteiger partial charge in [0.15, 0.2) is 11.9 Å². The van der Waals surface area contributed by atoms with Gasteiger partial charge >= 0.3 is 5.63 Å². The highest BCUT2D eigenvalue weighted by Gasteiger charge is 2.22. The molecular weight excluding hydrogens is 372 g/mol. The molecule has 0 saturated carbocycles. The quantitative estimate of drug-likeness (QED) is 0.593. The smallest absolute Gasteiger partial charge is 0.339 e. The van der Waals surface area contributed by atoms with Crippen molar-refractivity contribution in [3.05, 3.63) is 51.9 Å². The van der Waals surface area contributed by atoms with Crippen molar-refractivity contribution in [1.82, 2.24) is 19.7 Å². The fraction of sp³-hybridized carbons (Fsp3) is 0.429. The van der Waals surface area contributed by atoms with Gasteiger partial charge in [-0.05, 0) is 52.3 Å². The third kappa shape index (κ3) is 4.16. The van der Waals surface area contributed by atoms with E-state index < -0.39 is 6.10 Å². The highest BCUT2D eigenvalue weighted by molar-refractivity contribution is 5.83. The zero-order valence-corrected chi connectivity index (χ0v) is 17.6. The highest BCUT2D eigenvalue weighted by atomic mass is 16.5.